The third-order valence-electron chi connectivity index (χ3n) is 4.03. The van der Waals surface area contributed by atoms with Gasteiger partial charge < -0.3 is 9.47 Å². The highest BCUT2D eigenvalue weighted by Crippen LogP contribution is 2.42. The molecule has 0 aromatic heterocycles. The van der Waals surface area contributed by atoms with Gasteiger partial charge in [-0.05, 0) is 75.6 Å². The Labute approximate surface area is 191 Å². The second-order valence-corrected chi connectivity index (χ2v) is 9.35. The Bertz CT molecular complexity index is 815. The number of rotatable bonds is 6. The van der Waals surface area contributed by atoms with Crippen molar-refractivity contribution in [1.82, 2.24) is 0 Å². The molecule has 2 aromatic carbocycles. The number of esters is 1. The lowest BCUT2D eigenvalue weighted by atomic mass is 9.98. The summed E-state index contributed by atoms with van der Waals surface area (Å²) in [5, 5.41) is 0.659. The standard InChI is InChI=1S/C21H25ClO3S2.C2H6/c1-13(2)24-19(23)20(4,5)25-17-10-11-18(14(3)12-17)21(26,27)15-6-8-16(22)9-7-15;1-2/h6-13,26-27H,1-5H3;1-2H3. The second-order valence-electron chi connectivity index (χ2n) is 7.22. The monoisotopic (exact) mass is 454 g/mol. The van der Waals surface area contributed by atoms with Crippen LogP contribution >= 0.6 is 36.9 Å². The van der Waals surface area contributed by atoms with E-state index in [4.69, 9.17) is 46.3 Å². The first-order valence-electron chi connectivity index (χ1n) is 9.65. The van der Waals surface area contributed by atoms with Crippen molar-refractivity contribution >= 4 is 42.8 Å². The summed E-state index contributed by atoms with van der Waals surface area (Å²) >= 11 is 15.5. The summed E-state index contributed by atoms with van der Waals surface area (Å²) in [5.41, 5.74) is 1.69. The smallest absolute Gasteiger partial charge is 0.350 e. The topological polar surface area (TPSA) is 35.5 Å². The molecule has 2 aromatic rings. The van der Waals surface area contributed by atoms with Gasteiger partial charge in [-0.3, -0.25) is 0 Å². The quantitative estimate of drug-likeness (QED) is 0.285. The molecule has 0 saturated carbocycles. The highest BCUT2D eigenvalue weighted by molar-refractivity contribution is 8.00. The molecule has 0 amide bonds. The normalized spacial score (nSPS) is 11.6. The van der Waals surface area contributed by atoms with Gasteiger partial charge >= 0.3 is 5.97 Å². The fourth-order valence-corrected chi connectivity index (χ4v) is 3.55. The third kappa shape index (κ3) is 6.87. The highest BCUT2D eigenvalue weighted by atomic mass is 35.5. The molecule has 0 heterocycles. The maximum Gasteiger partial charge on any atom is 0.350 e. The molecule has 3 nitrogen and oxygen atoms in total. The van der Waals surface area contributed by atoms with Gasteiger partial charge in [0, 0.05) is 5.02 Å². The number of halogens is 1. The number of hydrogen-bond donors (Lipinski definition) is 2. The van der Waals surface area contributed by atoms with E-state index in [0.29, 0.717) is 10.8 Å². The van der Waals surface area contributed by atoms with Crippen molar-refractivity contribution in [2.24, 2.45) is 0 Å². The van der Waals surface area contributed by atoms with Crippen LogP contribution in [0.2, 0.25) is 5.02 Å². The summed E-state index contributed by atoms with van der Waals surface area (Å²) in [4.78, 5) is 12.2. The molecule has 0 radical (unpaired) electrons. The molecular formula is C23H31ClO3S2. The van der Waals surface area contributed by atoms with Crippen LogP contribution in [0.4, 0.5) is 0 Å². The first kappa shape index (κ1) is 25.7. The predicted molar refractivity (Wildman–Crippen MR) is 129 cm³/mol. The van der Waals surface area contributed by atoms with Crippen LogP contribution in [0.5, 0.6) is 5.75 Å². The van der Waals surface area contributed by atoms with Crippen molar-refractivity contribution in [1.29, 1.82) is 0 Å². The molecule has 0 aliphatic rings. The summed E-state index contributed by atoms with van der Waals surface area (Å²) in [7, 11) is 0. The minimum absolute atomic E-state index is 0.196. The predicted octanol–water partition coefficient (Wildman–Crippen LogP) is 6.84. The van der Waals surface area contributed by atoms with Gasteiger partial charge in [-0.2, -0.15) is 25.3 Å². The molecule has 6 heteroatoms. The van der Waals surface area contributed by atoms with Gasteiger partial charge in [0.05, 0.1) is 6.10 Å². The molecular weight excluding hydrogens is 424 g/mol. The van der Waals surface area contributed by atoms with Gasteiger partial charge in [-0.25, -0.2) is 4.79 Å². The average molecular weight is 455 g/mol. The summed E-state index contributed by atoms with van der Waals surface area (Å²) in [6.07, 6.45) is -0.196. The Morgan fingerprint density at radius 2 is 1.59 bits per heavy atom. The van der Waals surface area contributed by atoms with Gasteiger partial charge in [-0.1, -0.05) is 43.6 Å². The SMILES string of the molecule is CC.Cc1cc(OC(C)(C)C(=O)OC(C)C)ccc1C(S)(S)c1ccc(Cl)cc1. The van der Waals surface area contributed by atoms with E-state index in [2.05, 4.69) is 0 Å². The Hall–Kier alpha value is -1.30. The summed E-state index contributed by atoms with van der Waals surface area (Å²) < 4.78 is 10.4. The van der Waals surface area contributed by atoms with E-state index in [0.717, 1.165) is 16.7 Å². The van der Waals surface area contributed by atoms with Gasteiger partial charge in [0.1, 0.15) is 9.83 Å². The fourth-order valence-electron chi connectivity index (χ4n) is 2.62. The van der Waals surface area contributed by atoms with Crippen molar-refractivity contribution in [2.45, 2.75) is 64.3 Å². The van der Waals surface area contributed by atoms with Crippen LogP contribution in [-0.4, -0.2) is 17.7 Å². The number of ether oxygens (including phenoxy) is 2. The summed E-state index contributed by atoms with van der Waals surface area (Å²) in [5.74, 6) is 0.175. The first-order valence-corrected chi connectivity index (χ1v) is 10.9. The van der Waals surface area contributed by atoms with Crippen molar-refractivity contribution in [3.63, 3.8) is 0 Å². The van der Waals surface area contributed by atoms with E-state index in [9.17, 15) is 4.79 Å². The van der Waals surface area contributed by atoms with Crippen molar-refractivity contribution in [3.8, 4) is 5.75 Å². The molecule has 0 unspecified atom stereocenters. The van der Waals surface area contributed by atoms with E-state index in [1.54, 1.807) is 13.8 Å². The average Bonchev–Trinajstić information content (AvgIpc) is 2.62. The molecule has 0 spiro atoms. The zero-order valence-corrected chi connectivity index (χ0v) is 20.7. The number of aryl methyl sites for hydroxylation is 1. The Kier molecular flexibility index (Phi) is 9.45. The fraction of sp³-hybridized carbons (Fsp3) is 0.435. The van der Waals surface area contributed by atoms with E-state index < -0.39 is 15.6 Å². The van der Waals surface area contributed by atoms with Crippen LogP contribution in [0.15, 0.2) is 42.5 Å². The number of carbonyl (C=O) groups excluding carboxylic acids is 1. The molecule has 2 rings (SSSR count). The second kappa shape index (κ2) is 10.6. The molecule has 0 aliphatic heterocycles. The van der Waals surface area contributed by atoms with Crippen molar-refractivity contribution in [2.75, 3.05) is 0 Å². The lowest BCUT2D eigenvalue weighted by Crippen LogP contribution is -2.40. The molecule has 0 saturated heterocycles. The van der Waals surface area contributed by atoms with Crippen LogP contribution in [0, 0.1) is 6.92 Å². The molecule has 160 valence electrons. The van der Waals surface area contributed by atoms with Gasteiger partial charge in [0.2, 0.25) is 0 Å². The van der Waals surface area contributed by atoms with Crippen LogP contribution in [0.3, 0.4) is 0 Å². The lowest BCUT2D eigenvalue weighted by molar-refractivity contribution is -0.163. The van der Waals surface area contributed by atoms with E-state index in [-0.39, 0.29) is 6.10 Å². The molecule has 0 aliphatic carbocycles. The van der Waals surface area contributed by atoms with Gasteiger partial charge in [-0.15, -0.1) is 0 Å². The van der Waals surface area contributed by atoms with Crippen LogP contribution in [-0.2, 0) is 13.6 Å². The zero-order chi connectivity index (χ0) is 22.4. The van der Waals surface area contributed by atoms with E-state index in [1.165, 1.54) is 0 Å². The minimum atomic E-state index is -1.09. The van der Waals surface area contributed by atoms with Crippen LogP contribution in [0.25, 0.3) is 0 Å². The van der Waals surface area contributed by atoms with Crippen molar-refractivity contribution in [3.05, 3.63) is 64.2 Å². The number of hydrogen-bond acceptors (Lipinski definition) is 5. The molecule has 0 fully saturated rings. The van der Waals surface area contributed by atoms with E-state index in [1.807, 2.05) is 77.1 Å². The molecule has 29 heavy (non-hydrogen) atoms. The third-order valence-corrected chi connectivity index (χ3v) is 5.28. The Morgan fingerprint density at radius 1 is 1.03 bits per heavy atom. The van der Waals surface area contributed by atoms with Crippen LogP contribution in [0.1, 0.15) is 58.2 Å². The molecule has 0 atom stereocenters. The minimum Gasteiger partial charge on any atom is -0.476 e. The zero-order valence-electron chi connectivity index (χ0n) is 18.1. The maximum atomic E-state index is 12.2. The largest absolute Gasteiger partial charge is 0.476 e. The maximum absolute atomic E-state index is 12.2. The Balaban J connectivity index is 0.00000204. The highest BCUT2D eigenvalue weighted by Gasteiger charge is 2.33. The lowest BCUT2D eigenvalue weighted by Gasteiger charge is -2.28. The van der Waals surface area contributed by atoms with Gasteiger partial charge in [0.15, 0.2) is 5.60 Å². The molecule has 0 N–H and O–H groups in total. The van der Waals surface area contributed by atoms with Gasteiger partial charge in [0.25, 0.3) is 0 Å². The number of carbonyl (C=O) groups is 1. The summed E-state index contributed by atoms with van der Waals surface area (Å²) in [6.45, 7) is 13.0. The number of benzene rings is 2. The van der Waals surface area contributed by atoms with Crippen LogP contribution < -0.4 is 4.74 Å². The van der Waals surface area contributed by atoms with Crippen molar-refractivity contribution < 1.29 is 14.3 Å². The first-order chi connectivity index (χ1) is 13.4. The number of thiol groups is 2. The Morgan fingerprint density at radius 3 is 2.07 bits per heavy atom. The van der Waals surface area contributed by atoms with E-state index >= 15 is 0 Å². The molecule has 0 bridgehead atoms. The summed E-state index contributed by atoms with van der Waals surface area (Å²) in [6, 6.07) is 13.0.